The average molecular weight is 781 g/mol. The largest absolute Gasteiger partial charge is 0.416 e. The Kier molecular flexibility index (Phi) is 4.81. The van der Waals surface area contributed by atoms with Crippen molar-refractivity contribution in [2.24, 2.45) is 0 Å². The van der Waals surface area contributed by atoms with Crippen molar-refractivity contribution < 1.29 is 74.0 Å². The minimum Gasteiger partial charge on any atom is -0.383 e. The van der Waals surface area contributed by atoms with Crippen molar-refractivity contribution in [3.63, 3.8) is 0 Å². The van der Waals surface area contributed by atoms with E-state index in [1.165, 1.54) is 0 Å². The van der Waals surface area contributed by atoms with Gasteiger partial charge in [-0.05, 0) is 72.1 Å². The molecular weight excluding hydrogens is 710 g/mol. The van der Waals surface area contributed by atoms with E-state index in [1.54, 1.807) is 0 Å². The molecule has 0 radical (unpaired) electrons. The lowest BCUT2D eigenvalue weighted by molar-refractivity contribution is -0.137. The first-order valence-corrected chi connectivity index (χ1v) is 15.5. The Labute approximate surface area is 352 Å². The summed E-state index contributed by atoms with van der Waals surface area (Å²) in [5.41, 5.74) is -11.0. The monoisotopic (exact) mass is 780 g/mol. The van der Waals surface area contributed by atoms with Gasteiger partial charge in [0, 0.05) is 72.9 Å². The van der Waals surface area contributed by atoms with Crippen LogP contribution in [-0.2, 0) is 34.5 Å². The number of piperidine rings is 1. The molecule has 0 spiro atoms. The average Bonchev–Trinajstić information content (AvgIpc) is 0.679. The number of nitrogens with zero attached hydrogens (tertiary/aromatic N) is 3. The van der Waals surface area contributed by atoms with Crippen LogP contribution in [0.3, 0.4) is 0 Å². The maximum absolute atomic E-state index is 16.0. The number of carbonyl (C=O) groups is 1. The third-order valence-electron chi connectivity index (χ3n) is 6.95. The molecule has 0 aliphatic carbocycles. The molecule has 0 saturated carbocycles. The summed E-state index contributed by atoms with van der Waals surface area (Å²) in [7, 11) is -3.74. The Balaban J connectivity index is 1.79. The number of pyridine rings is 1. The highest BCUT2D eigenvalue weighted by Crippen LogP contribution is 2.32. The molecule has 278 valence electrons. The van der Waals surface area contributed by atoms with E-state index >= 15 is 9.18 Å². The maximum atomic E-state index is 16.0. The second kappa shape index (κ2) is 16.7. The summed E-state index contributed by atoms with van der Waals surface area (Å²) < 4.78 is 345. The zero-order chi connectivity index (χ0) is 64.9. The Bertz CT molecular complexity index is 3570. The van der Waals surface area contributed by atoms with E-state index in [9.17, 15) is 32.0 Å². The second-order valence-electron chi connectivity index (χ2n) is 10.3. The van der Waals surface area contributed by atoms with Gasteiger partial charge in [0.25, 0.3) is 0 Å². The van der Waals surface area contributed by atoms with Gasteiger partial charge in [0.2, 0.25) is 5.91 Å². The van der Waals surface area contributed by atoms with Gasteiger partial charge in [-0.1, -0.05) is 54.4 Å². The SMILES string of the molecule is [2H]c1c([2H])c(F)c(F)c(CSc2c([2H])c(=O)c3c([2H])c([2H])c([2H])c([2H])c3n2C([2H])([2H])C(=O)N(Cc2c([2H])c([2H])c(-c3c([2H])c([2H])c(C(F)(F)F)c([2H])c3[2H])c([2H])c2C)C2([2H])C([2H])([2H])C([2H])([2H])N(CC([2H])([2H])OC([2H])([2H])[2H])C([2H])([2H])C2([2H])[2H])c1[2H]. The van der Waals surface area contributed by atoms with Gasteiger partial charge in [-0.15, -0.1) is 11.8 Å². The van der Waals surface area contributed by atoms with E-state index in [1.807, 2.05) is 0 Å². The highest BCUT2D eigenvalue weighted by Gasteiger charge is 2.31. The Morgan fingerprint density at radius 2 is 1.75 bits per heavy atom. The Hall–Kier alpha value is -4.52. The first kappa shape index (κ1) is 15.3. The van der Waals surface area contributed by atoms with Crippen molar-refractivity contribution in [2.75, 3.05) is 33.1 Å². The lowest BCUT2D eigenvalue weighted by atomic mass is 9.97. The van der Waals surface area contributed by atoms with Crippen LogP contribution < -0.4 is 5.43 Å². The molecule has 0 N–H and O–H groups in total. The molecule has 0 atom stereocenters. The Morgan fingerprint density at radius 1 is 1.02 bits per heavy atom. The summed E-state index contributed by atoms with van der Waals surface area (Å²) in [6.07, 6.45) is -15.1. The number of fused-ring (bicyclic) bond motifs is 1. The third kappa shape index (κ3) is 9.00. The van der Waals surface area contributed by atoms with Crippen LogP contribution in [0.5, 0.6) is 0 Å². The van der Waals surface area contributed by atoms with Crippen LogP contribution in [0.25, 0.3) is 22.0 Å². The number of rotatable bonds is 12. The zero-order valence-electron chi connectivity index (χ0n) is 57.5. The topological polar surface area (TPSA) is 54.8 Å². The van der Waals surface area contributed by atoms with E-state index < -0.39 is 250 Å². The summed E-state index contributed by atoms with van der Waals surface area (Å²) in [4.78, 5) is 28.7. The van der Waals surface area contributed by atoms with Crippen molar-refractivity contribution >= 4 is 28.6 Å². The van der Waals surface area contributed by atoms with Crippen molar-refractivity contribution in [3.05, 3.63) is 135 Å². The number of para-hydroxylation sites is 1. The number of thioether (sulfide) groups is 1. The van der Waals surface area contributed by atoms with Gasteiger partial charge in [-0.2, -0.15) is 13.2 Å². The molecular formula is C41H40F5N3O3S. The Morgan fingerprint density at radius 3 is 2.49 bits per heavy atom. The van der Waals surface area contributed by atoms with Crippen LogP contribution in [0.15, 0.2) is 100 Å². The summed E-state index contributed by atoms with van der Waals surface area (Å²) in [5, 5.41) is -2.77. The molecule has 1 aliphatic rings. The first-order chi connectivity index (χ1) is 37.7. The summed E-state index contributed by atoms with van der Waals surface area (Å²) >= 11 is -0.218. The lowest BCUT2D eigenvalue weighted by Gasteiger charge is -2.39. The van der Waals surface area contributed by atoms with Gasteiger partial charge < -0.3 is 19.1 Å². The summed E-state index contributed by atoms with van der Waals surface area (Å²) in [6.45, 7) is -21.0. The van der Waals surface area contributed by atoms with E-state index in [0.717, 1.165) is 6.92 Å². The molecule has 1 aromatic heterocycles. The number of halogens is 5. The van der Waals surface area contributed by atoms with Crippen molar-refractivity contribution in [1.82, 2.24) is 14.4 Å². The predicted molar refractivity (Wildman–Crippen MR) is 198 cm³/mol. The highest BCUT2D eigenvalue weighted by atomic mass is 32.2. The summed E-state index contributed by atoms with van der Waals surface area (Å²) in [6, 6.07) is -26.8. The number of aromatic nitrogens is 1. The fourth-order valence-corrected chi connectivity index (χ4v) is 5.28. The van der Waals surface area contributed by atoms with E-state index in [-0.39, 0.29) is 16.3 Å². The van der Waals surface area contributed by atoms with E-state index in [4.69, 9.17) is 32.9 Å². The molecule has 1 fully saturated rings. The number of benzene rings is 4. The van der Waals surface area contributed by atoms with Gasteiger partial charge in [0.15, 0.2) is 17.1 Å². The van der Waals surface area contributed by atoms with Crippen molar-refractivity contribution in [3.8, 4) is 11.1 Å². The van der Waals surface area contributed by atoms with Crippen LogP contribution in [0, 0.1) is 18.6 Å². The molecule has 12 heteroatoms. The minimum atomic E-state index is -5.54. The lowest BCUT2D eigenvalue weighted by Crippen LogP contribution is -2.48. The van der Waals surface area contributed by atoms with Gasteiger partial charge in [-0.25, -0.2) is 8.78 Å². The number of amides is 1. The molecule has 1 aliphatic heterocycles. The molecule has 1 saturated heterocycles. The van der Waals surface area contributed by atoms with Crippen LogP contribution in [0.2, 0.25) is 0 Å². The normalized spacial score (nSPS) is 27.8. The number of methoxy groups -OCH3 is 1. The first-order valence-electron chi connectivity index (χ1n) is 30.0. The van der Waals surface area contributed by atoms with Gasteiger partial charge in [0.05, 0.1) is 54.2 Å². The quantitative estimate of drug-likeness (QED) is 0.0938. The van der Waals surface area contributed by atoms with E-state index in [2.05, 4.69) is 4.74 Å². The van der Waals surface area contributed by atoms with Crippen LogP contribution in [0.4, 0.5) is 22.0 Å². The van der Waals surface area contributed by atoms with Crippen molar-refractivity contribution in [2.45, 2.75) is 55.7 Å². The fourth-order valence-electron chi connectivity index (χ4n) is 4.37. The highest BCUT2D eigenvalue weighted by molar-refractivity contribution is 7.98. The second-order valence-corrected chi connectivity index (χ2v) is 11.3. The fraction of sp³-hybridized carbons (Fsp3) is 0.317. The standard InChI is InChI=1S/C41H40F5N3O3S/c1-27-22-29(28-12-14-32(15-13-28)41(44,45)46)10-11-30(27)24-48(33-16-18-47(19-17-33)20-21-52-2)38(51)25-49-36-9-4-3-7-34(36)37(50)23-39(49)53-26-31-6-5-8-35(42)40(31)43/h3-15,22-23,33H,16-21,24-26H2,1-2H3/i2D3,3D,4D,5D,6D,7D,8D,9D,10D,11D,12D,13D,14D,15D,16D2,17D2,18D2,19D2,21D2,22D,23D,25D2,33D. The number of likely N-dealkylation sites (tertiary alicyclic amines) is 1. The number of ether oxygens (including phenoxy) is 1. The molecule has 53 heavy (non-hydrogen) atoms. The minimum absolute atomic E-state index is 0.218. The smallest absolute Gasteiger partial charge is 0.383 e. The van der Waals surface area contributed by atoms with Crippen LogP contribution in [0.1, 0.15) is 77.5 Å². The molecule has 2 heterocycles. The number of alkyl halides is 3. The summed E-state index contributed by atoms with van der Waals surface area (Å²) in [5.74, 6) is -8.13. The zero-order valence-corrected chi connectivity index (χ0v) is 27.3. The third-order valence-corrected chi connectivity index (χ3v) is 7.94. The number of hydrogen-bond donors (Lipinski definition) is 0. The predicted octanol–water partition coefficient (Wildman–Crippen LogP) is 8.71. The van der Waals surface area contributed by atoms with Gasteiger partial charge in [-0.3, -0.25) is 9.59 Å². The molecule has 6 rings (SSSR count). The molecule has 6 nitrogen and oxygen atoms in total. The number of carbonyl (C=O) groups excluding carboxylic acids is 1. The number of hydrogen-bond acceptors (Lipinski definition) is 5. The van der Waals surface area contributed by atoms with Crippen LogP contribution in [-0.4, -0.2) is 59.4 Å². The molecule has 0 bridgehead atoms. The van der Waals surface area contributed by atoms with Crippen molar-refractivity contribution in [1.29, 1.82) is 0 Å². The van der Waals surface area contributed by atoms with Gasteiger partial charge in [0.1, 0.15) is 6.50 Å². The molecule has 5 aromatic rings. The van der Waals surface area contributed by atoms with Crippen LogP contribution >= 0.6 is 11.8 Å². The molecule has 0 unspecified atom stereocenters. The molecule has 4 aromatic carbocycles. The van der Waals surface area contributed by atoms with E-state index in [0.29, 0.717) is 0 Å². The van der Waals surface area contributed by atoms with Gasteiger partial charge >= 0.3 is 6.18 Å². The molecule has 1 amide bonds. The maximum Gasteiger partial charge on any atom is 0.416 e.